The zero-order valence-corrected chi connectivity index (χ0v) is 11.7. The minimum atomic E-state index is 0.386. The van der Waals surface area contributed by atoms with Gasteiger partial charge in [0.1, 0.15) is 0 Å². The van der Waals surface area contributed by atoms with Crippen molar-refractivity contribution >= 4 is 0 Å². The maximum absolute atomic E-state index is 5.33. The topological polar surface area (TPSA) is 63.8 Å². The normalized spacial score (nSPS) is 12.6. The maximum atomic E-state index is 5.33. The number of nitrogens with zero attached hydrogens (tertiary/aromatic N) is 3. The first-order chi connectivity index (χ1) is 9.24. The van der Waals surface area contributed by atoms with E-state index in [1.165, 1.54) is 0 Å². The van der Waals surface area contributed by atoms with Gasteiger partial charge in [-0.1, -0.05) is 19.0 Å². The number of pyridine rings is 1. The summed E-state index contributed by atoms with van der Waals surface area (Å²) in [6, 6.07) is 2.29. The number of aromatic nitrogens is 3. The van der Waals surface area contributed by atoms with Crippen LogP contribution in [0.4, 0.5) is 0 Å². The molecule has 0 saturated heterocycles. The van der Waals surface area contributed by atoms with Crippen LogP contribution in [0.15, 0.2) is 23.0 Å². The van der Waals surface area contributed by atoms with Crippen LogP contribution in [0.25, 0.3) is 11.4 Å². The molecular formula is C14H20N4O. The lowest BCUT2D eigenvalue weighted by atomic mass is 10.1. The summed E-state index contributed by atoms with van der Waals surface area (Å²) in [6.45, 7) is 7.19. The zero-order valence-electron chi connectivity index (χ0n) is 11.7. The van der Waals surface area contributed by atoms with Crippen molar-refractivity contribution < 1.29 is 4.52 Å². The highest BCUT2D eigenvalue weighted by Crippen LogP contribution is 2.19. The van der Waals surface area contributed by atoms with Gasteiger partial charge < -0.3 is 9.84 Å². The fourth-order valence-electron chi connectivity index (χ4n) is 2.03. The quantitative estimate of drug-likeness (QED) is 0.863. The van der Waals surface area contributed by atoms with Crippen molar-refractivity contribution in [2.75, 3.05) is 6.54 Å². The molecule has 0 saturated carbocycles. The van der Waals surface area contributed by atoms with Crippen LogP contribution in [-0.2, 0) is 6.42 Å². The van der Waals surface area contributed by atoms with Crippen LogP contribution in [0, 0.1) is 6.92 Å². The van der Waals surface area contributed by atoms with E-state index in [4.69, 9.17) is 4.52 Å². The van der Waals surface area contributed by atoms with Crippen LogP contribution in [-0.4, -0.2) is 27.7 Å². The van der Waals surface area contributed by atoms with E-state index in [9.17, 15) is 0 Å². The summed E-state index contributed by atoms with van der Waals surface area (Å²) in [4.78, 5) is 8.53. The molecule has 0 spiro atoms. The molecular weight excluding hydrogens is 240 g/mol. The zero-order chi connectivity index (χ0) is 13.7. The predicted octanol–water partition coefficient (Wildman–Crippen LogP) is 2.37. The fourth-order valence-corrected chi connectivity index (χ4v) is 2.03. The van der Waals surface area contributed by atoms with E-state index in [1.807, 2.05) is 13.0 Å². The van der Waals surface area contributed by atoms with Crippen LogP contribution in [0.1, 0.15) is 31.7 Å². The second kappa shape index (κ2) is 6.43. The van der Waals surface area contributed by atoms with Crippen LogP contribution in [0.5, 0.6) is 0 Å². The lowest BCUT2D eigenvalue weighted by Crippen LogP contribution is -2.30. The number of likely N-dealkylation sites (N-methyl/N-ethyl adjacent to an activating group) is 1. The minimum absolute atomic E-state index is 0.386. The summed E-state index contributed by atoms with van der Waals surface area (Å²) >= 11 is 0. The third-order valence-corrected chi connectivity index (χ3v) is 3.14. The molecule has 0 aliphatic heterocycles. The second-order valence-corrected chi connectivity index (χ2v) is 4.57. The first-order valence-corrected chi connectivity index (χ1v) is 6.71. The van der Waals surface area contributed by atoms with Crippen molar-refractivity contribution in [3.63, 3.8) is 0 Å². The van der Waals surface area contributed by atoms with Crippen molar-refractivity contribution in [3.8, 4) is 11.4 Å². The first-order valence-electron chi connectivity index (χ1n) is 6.71. The largest absolute Gasteiger partial charge is 0.339 e. The summed E-state index contributed by atoms with van der Waals surface area (Å²) in [5.41, 5.74) is 2.02. The molecule has 0 radical (unpaired) electrons. The summed E-state index contributed by atoms with van der Waals surface area (Å²) < 4.78 is 5.33. The third kappa shape index (κ3) is 3.38. The van der Waals surface area contributed by atoms with Gasteiger partial charge in [0.05, 0.1) is 0 Å². The first kappa shape index (κ1) is 13.7. The Bertz CT molecular complexity index is 524. The molecule has 5 nitrogen and oxygen atoms in total. The van der Waals surface area contributed by atoms with E-state index in [0.29, 0.717) is 17.8 Å². The lowest BCUT2D eigenvalue weighted by molar-refractivity contribution is 0.355. The maximum Gasteiger partial charge on any atom is 0.228 e. The Labute approximate surface area is 113 Å². The molecule has 0 fully saturated rings. The standard InChI is InChI=1S/C14H20N4O/c1-4-11(16-5-2)8-13-17-14(18-19-13)12-6-7-15-9-10(12)3/h6-7,9,11,16H,4-5,8H2,1-3H3. The molecule has 5 heteroatoms. The fraction of sp³-hybridized carbons (Fsp3) is 0.500. The molecule has 2 aromatic rings. The van der Waals surface area contributed by atoms with E-state index in [1.54, 1.807) is 12.4 Å². The van der Waals surface area contributed by atoms with Crippen molar-refractivity contribution in [2.45, 2.75) is 39.7 Å². The molecule has 2 rings (SSSR count). The van der Waals surface area contributed by atoms with Crippen molar-refractivity contribution in [1.82, 2.24) is 20.4 Å². The highest BCUT2D eigenvalue weighted by molar-refractivity contribution is 5.57. The van der Waals surface area contributed by atoms with Crippen LogP contribution in [0.2, 0.25) is 0 Å². The molecule has 1 N–H and O–H groups in total. The van der Waals surface area contributed by atoms with Gasteiger partial charge >= 0.3 is 0 Å². The van der Waals surface area contributed by atoms with E-state index in [2.05, 4.69) is 34.3 Å². The Kier molecular flexibility index (Phi) is 4.63. The predicted molar refractivity (Wildman–Crippen MR) is 73.7 cm³/mol. The molecule has 0 aliphatic carbocycles. The second-order valence-electron chi connectivity index (χ2n) is 4.57. The third-order valence-electron chi connectivity index (χ3n) is 3.14. The number of hydrogen-bond donors (Lipinski definition) is 1. The van der Waals surface area contributed by atoms with Crippen molar-refractivity contribution in [1.29, 1.82) is 0 Å². The molecule has 0 amide bonds. The summed E-state index contributed by atoms with van der Waals surface area (Å²) in [5, 5.41) is 7.46. The van der Waals surface area contributed by atoms with Gasteiger partial charge in [-0.15, -0.1) is 0 Å². The number of nitrogens with one attached hydrogen (secondary N) is 1. The van der Waals surface area contributed by atoms with E-state index in [0.717, 1.165) is 30.5 Å². The lowest BCUT2D eigenvalue weighted by Gasteiger charge is -2.12. The van der Waals surface area contributed by atoms with Crippen LogP contribution in [0.3, 0.4) is 0 Å². The Morgan fingerprint density at radius 1 is 1.37 bits per heavy atom. The molecule has 19 heavy (non-hydrogen) atoms. The van der Waals surface area contributed by atoms with E-state index >= 15 is 0 Å². The molecule has 0 bridgehead atoms. The monoisotopic (exact) mass is 260 g/mol. The molecule has 2 heterocycles. The average Bonchev–Trinajstić information content (AvgIpc) is 2.87. The van der Waals surface area contributed by atoms with Gasteiger partial charge in [-0.2, -0.15) is 4.98 Å². The summed E-state index contributed by atoms with van der Waals surface area (Å²) in [7, 11) is 0. The van der Waals surface area contributed by atoms with Crippen molar-refractivity contribution in [2.24, 2.45) is 0 Å². The molecule has 1 atom stereocenters. The minimum Gasteiger partial charge on any atom is -0.339 e. The molecule has 2 aromatic heterocycles. The van der Waals surface area contributed by atoms with Gasteiger partial charge in [0.25, 0.3) is 0 Å². The Hall–Kier alpha value is -1.75. The van der Waals surface area contributed by atoms with Gasteiger partial charge in [-0.25, -0.2) is 0 Å². The average molecular weight is 260 g/mol. The highest BCUT2D eigenvalue weighted by atomic mass is 16.5. The van der Waals surface area contributed by atoms with Crippen LogP contribution < -0.4 is 5.32 Å². The number of hydrogen-bond acceptors (Lipinski definition) is 5. The SMILES string of the molecule is CCNC(CC)Cc1nc(-c2ccncc2C)no1. The molecule has 0 aliphatic rings. The Balaban J connectivity index is 2.13. The van der Waals surface area contributed by atoms with Gasteiger partial charge in [0.2, 0.25) is 11.7 Å². The molecule has 1 unspecified atom stereocenters. The van der Waals surface area contributed by atoms with E-state index in [-0.39, 0.29) is 0 Å². The molecule has 102 valence electrons. The van der Waals surface area contributed by atoms with E-state index < -0.39 is 0 Å². The van der Waals surface area contributed by atoms with Gasteiger partial charge in [-0.3, -0.25) is 4.98 Å². The van der Waals surface area contributed by atoms with Gasteiger partial charge in [-0.05, 0) is 31.5 Å². The molecule has 0 aromatic carbocycles. The summed E-state index contributed by atoms with van der Waals surface area (Å²) in [6.07, 6.45) is 5.35. The smallest absolute Gasteiger partial charge is 0.228 e. The van der Waals surface area contributed by atoms with Gasteiger partial charge in [0.15, 0.2) is 0 Å². The van der Waals surface area contributed by atoms with Gasteiger partial charge in [0, 0.05) is 30.4 Å². The summed E-state index contributed by atoms with van der Waals surface area (Å²) in [5.74, 6) is 1.32. The number of rotatable bonds is 6. The number of aryl methyl sites for hydroxylation is 1. The highest BCUT2D eigenvalue weighted by Gasteiger charge is 2.14. The Morgan fingerprint density at radius 2 is 2.21 bits per heavy atom. The van der Waals surface area contributed by atoms with Crippen molar-refractivity contribution in [3.05, 3.63) is 29.9 Å². The van der Waals surface area contributed by atoms with Crippen LogP contribution >= 0.6 is 0 Å². The Morgan fingerprint density at radius 3 is 2.89 bits per heavy atom.